The van der Waals surface area contributed by atoms with Crippen LogP contribution in [0.15, 0.2) is 36.2 Å². The van der Waals surface area contributed by atoms with E-state index < -0.39 is 0 Å². The van der Waals surface area contributed by atoms with Crippen molar-refractivity contribution in [3.05, 3.63) is 41.7 Å². The summed E-state index contributed by atoms with van der Waals surface area (Å²) in [6.45, 7) is 1.84. The zero-order chi connectivity index (χ0) is 22.1. The molecule has 1 aliphatic heterocycles. The molecule has 2 atom stereocenters. The summed E-state index contributed by atoms with van der Waals surface area (Å²) in [5.41, 5.74) is 7.50. The topological polar surface area (TPSA) is 73.6 Å². The number of hydrogen-bond donors (Lipinski definition) is 2. The minimum absolute atomic E-state index is 0.158. The lowest BCUT2D eigenvalue weighted by molar-refractivity contribution is -0.141. The number of carbonyl (C=O) groups excluding carboxylic acids is 1. The maximum atomic E-state index is 13.3. The number of ether oxygens (including phenoxy) is 2. The molecule has 5 fully saturated rings. The van der Waals surface area contributed by atoms with Gasteiger partial charge in [-0.2, -0.15) is 0 Å². The van der Waals surface area contributed by atoms with Crippen molar-refractivity contribution in [2.45, 2.75) is 56.4 Å². The smallest absolute Gasteiger partial charge is 0.223 e. The highest BCUT2D eigenvalue weighted by Gasteiger charge is 2.57. The molecule has 174 valence electrons. The Hall–Kier alpha value is -1.92. The van der Waals surface area contributed by atoms with Crippen LogP contribution in [0.4, 0.5) is 4.39 Å². The number of carbonyl (C=O) groups is 1. The number of halogens is 1. The number of nitrogens with two attached hydrogens (primary N) is 1. The number of rotatable bonds is 7. The van der Waals surface area contributed by atoms with E-state index in [9.17, 15) is 9.18 Å². The summed E-state index contributed by atoms with van der Waals surface area (Å²) in [4.78, 5) is 13.3. The van der Waals surface area contributed by atoms with Crippen LogP contribution in [0.2, 0.25) is 0 Å². The van der Waals surface area contributed by atoms with E-state index in [1.54, 1.807) is 0 Å². The molecule has 1 amide bonds. The van der Waals surface area contributed by atoms with Gasteiger partial charge in [0, 0.05) is 37.3 Å². The van der Waals surface area contributed by atoms with Crippen LogP contribution in [0.3, 0.4) is 0 Å². The first kappa shape index (κ1) is 21.9. The Labute approximate surface area is 189 Å². The van der Waals surface area contributed by atoms with E-state index in [-0.39, 0.29) is 30.5 Å². The predicted molar refractivity (Wildman–Crippen MR) is 121 cm³/mol. The number of amides is 1. The third-order valence-electron chi connectivity index (χ3n) is 8.45. The molecule has 2 unspecified atom stereocenters. The molecule has 1 aromatic carbocycles. The maximum absolute atomic E-state index is 13.3. The molecule has 4 saturated carbocycles. The number of nitrogens with one attached hydrogen (secondary N) is 1. The normalized spacial score (nSPS) is 34.5. The largest absolute Gasteiger partial charge is 0.489 e. The van der Waals surface area contributed by atoms with Crippen LogP contribution < -0.4 is 15.8 Å². The zero-order valence-electron chi connectivity index (χ0n) is 18.7. The molecule has 0 aromatic heterocycles. The van der Waals surface area contributed by atoms with Gasteiger partial charge in [0.15, 0.2) is 0 Å². The maximum Gasteiger partial charge on any atom is 0.223 e. The zero-order valence-corrected chi connectivity index (χ0v) is 18.7. The van der Waals surface area contributed by atoms with Gasteiger partial charge in [-0.3, -0.25) is 4.79 Å². The molecule has 0 radical (unpaired) electrons. The summed E-state index contributed by atoms with van der Waals surface area (Å²) >= 11 is 0. The van der Waals surface area contributed by atoms with Crippen molar-refractivity contribution in [2.24, 2.45) is 29.4 Å². The standard InChI is InChI=1S/C26H35FN2O3/c27-14-18(15-28)16-32-23-3-1-21(2-4-23)26-11-17-9-19(12-26)24(20(10-17)13-26)25(30)29-22-5-7-31-8-6-22/h1-4,14,17,19-20,22,24H,5-13,15-16,28H2,(H,29,30). The van der Waals surface area contributed by atoms with E-state index in [0.717, 1.165) is 50.6 Å². The van der Waals surface area contributed by atoms with Crippen LogP contribution >= 0.6 is 0 Å². The van der Waals surface area contributed by atoms with E-state index in [2.05, 4.69) is 17.4 Å². The lowest BCUT2D eigenvalue weighted by Crippen LogP contribution is -2.57. The van der Waals surface area contributed by atoms with Crippen molar-refractivity contribution in [3.8, 4) is 5.75 Å². The highest BCUT2D eigenvalue weighted by atomic mass is 19.1. The molecule has 1 heterocycles. The van der Waals surface area contributed by atoms with Gasteiger partial charge < -0.3 is 20.5 Å². The lowest BCUT2D eigenvalue weighted by Gasteiger charge is -2.60. The summed E-state index contributed by atoms with van der Waals surface area (Å²) in [5, 5.41) is 3.36. The van der Waals surface area contributed by atoms with Crippen molar-refractivity contribution in [1.82, 2.24) is 5.32 Å². The average molecular weight is 443 g/mol. The van der Waals surface area contributed by atoms with Gasteiger partial charge in [-0.15, -0.1) is 0 Å². The van der Waals surface area contributed by atoms with Gasteiger partial charge in [0.05, 0.1) is 6.33 Å². The Morgan fingerprint density at radius 1 is 1.16 bits per heavy atom. The molecule has 0 spiro atoms. The second kappa shape index (κ2) is 9.14. The fourth-order valence-corrected chi connectivity index (χ4v) is 7.16. The summed E-state index contributed by atoms with van der Waals surface area (Å²) in [6, 6.07) is 8.63. The molecule has 4 bridgehead atoms. The van der Waals surface area contributed by atoms with Crippen LogP contribution in [-0.2, 0) is 14.9 Å². The Morgan fingerprint density at radius 3 is 2.47 bits per heavy atom. The quantitative estimate of drug-likeness (QED) is 0.672. The monoisotopic (exact) mass is 442 g/mol. The van der Waals surface area contributed by atoms with E-state index in [1.165, 1.54) is 24.8 Å². The Kier molecular flexibility index (Phi) is 6.26. The van der Waals surface area contributed by atoms with E-state index in [1.807, 2.05) is 12.1 Å². The second-order valence-corrected chi connectivity index (χ2v) is 10.5. The number of benzene rings is 1. The molecule has 1 saturated heterocycles. The van der Waals surface area contributed by atoms with E-state index >= 15 is 0 Å². The highest BCUT2D eigenvalue weighted by Crippen LogP contribution is 2.63. The van der Waals surface area contributed by atoms with Crippen molar-refractivity contribution >= 4 is 5.91 Å². The molecule has 1 aromatic rings. The summed E-state index contributed by atoms with van der Waals surface area (Å²) in [7, 11) is 0. The van der Waals surface area contributed by atoms with Crippen LogP contribution in [-0.4, -0.2) is 38.3 Å². The predicted octanol–water partition coefficient (Wildman–Crippen LogP) is 3.87. The van der Waals surface area contributed by atoms with Crippen LogP contribution in [0.5, 0.6) is 5.75 Å². The first-order chi connectivity index (χ1) is 15.6. The molecular formula is C26H35FN2O3. The van der Waals surface area contributed by atoms with Gasteiger partial charge in [-0.25, -0.2) is 4.39 Å². The minimum Gasteiger partial charge on any atom is -0.489 e. The summed E-state index contributed by atoms with van der Waals surface area (Å²) in [5.74, 6) is 2.91. The van der Waals surface area contributed by atoms with Crippen molar-refractivity contribution in [2.75, 3.05) is 26.4 Å². The fraction of sp³-hybridized carbons (Fsp3) is 0.654. The Bertz CT molecular complexity index is 833. The first-order valence-corrected chi connectivity index (χ1v) is 12.2. The average Bonchev–Trinajstić information content (AvgIpc) is 2.80. The van der Waals surface area contributed by atoms with Crippen LogP contribution in [0.25, 0.3) is 0 Å². The van der Waals surface area contributed by atoms with Gasteiger partial charge in [0.1, 0.15) is 12.4 Å². The van der Waals surface area contributed by atoms with E-state index in [0.29, 0.717) is 29.6 Å². The van der Waals surface area contributed by atoms with Gasteiger partial charge >= 0.3 is 0 Å². The molecular weight excluding hydrogens is 407 g/mol. The van der Waals surface area contributed by atoms with Gasteiger partial charge in [-0.05, 0) is 85.8 Å². The fourth-order valence-electron chi connectivity index (χ4n) is 7.16. The molecule has 4 aliphatic carbocycles. The lowest BCUT2D eigenvalue weighted by atomic mass is 9.44. The van der Waals surface area contributed by atoms with Gasteiger partial charge in [-0.1, -0.05) is 12.1 Å². The Balaban J connectivity index is 1.26. The third kappa shape index (κ3) is 4.19. The second-order valence-electron chi connectivity index (χ2n) is 10.5. The van der Waals surface area contributed by atoms with Crippen LogP contribution in [0.1, 0.15) is 50.5 Å². The molecule has 5 nitrogen and oxygen atoms in total. The van der Waals surface area contributed by atoms with Crippen LogP contribution in [0, 0.1) is 23.7 Å². The molecule has 5 aliphatic rings. The van der Waals surface area contributed by atoms with E-state index in [4.69, 9.17) is 15.2 Å². The SMILES string of the molecule is NCC(=CF)COc1ccc(C23CC4CC(C2)C(C(=O)NC2CCOCC2)C(C4)C3)cc1. The Morgan fingerprint density at radius 2 is 1.84 bits per heavy atom. The minimum atomic E-state index is 0.158. The first-order valence-electron chi connectivity index (χ1n) is 12.2. The van der Waals surface area contributed by atoms with Gasteiger partial charge in [0.25, 0.3) is 0 Å². The van der Waals surface area contributed by atoms with Crippen molar-refractivity contribution in [1.29, 1.82) is 0 Å². The summed E-state index contributed by atoms with van der Waals surface area (Å²) in [6.07, 6.45) is 8.23. The highest BCUT2D eigenvalue weighted by molar-refractivity contribution is 5.80. The molecule has 32 heavy (non-hydrogen) atoms. The molecule has 6 heteroatoms. The third-order valence-corrected chi connectivity index (χ3v) is 8.45. The summed E-state index contributed by atoms with van der Waals surface area (Å²) < 4.78 is 23.9. The van der Waals surface area contributed by atoms with Crippen molar-refractivity contribution in [3.63, 3.8) is 0 Å². The molecule has 3 N–H and O–H groups in total. The number of hydrogen-bond acceptors (Lipinski definition) is 4. The molecule has 6 rings (SSSR count). The van der Waals surface area contributed by atoms with Gasteiger partial charge in [0.2, 0.25) is 5.91 Å². The van der Waals surface area contributed by atoms with Crippen molar-refractivity contribution < 1.29 is 18.7 Å².